The molecule has 2 aromatic heterocycles. The molecular weight excluding hydrogens is 662 g/mol. The number of alkyl halides is 4. The maximum absolute atomic E-state index is 17.0. The average molecular weight is 693 g/mol. The van der Waals surface area contributed by atoms with Crippen molar-refractivity contribution in [3.8, 4) is 23.2 Å². The van der Waals surface area contributed by atoms with Crippen LogP contribution in [0, 0.1) is 23.0 Å². The summed E-state index contributed by atoms with van der Waals surface area (Å²) in [6.07, 6.45) is -4.81. The number of nitriles is 1. The van der Waals surface area contributed by atoms with Crippen LogP contribution in [0.15, 0.2) is 18.2 Å². The van der Waals surface area contributed by atoms with Crippen LogP contribution < -0.4 is 15.4 Å². The van der Waals surface area contributed by atoms with Gasteiger partial charge in [-0.25, -0.2) is 13.2 Å². The molecule has 0 amide bonds. The Bertz CT molecular complexity index is 1950. The molecule has 4 aromatic rings. The first kappa shape index (κ1) is 32.6. The lowest BCUT2D eigenvalue weighted by molar-refractivity contribution is -0.137. The number of benzene rings is 2. The summed E-state index contributed by atoms with van der Waals surface area (Å²) in [6.45, 7) is 1.75. The van der Waals surface area contributed by atoms with Crippen molar-refractivity contribution in [1.29, 1.82) is 5.26 Å². The maximum atomic E-state index is 17.0. The summed E-state index contributed by atoms with van der Waals surface area (Å²) in [6, 6.07) is 4.21. The van der Waals surface area contributed by atoms with E-state index >= 15 is 4.39 Å². The highest BCUT2D eigenvalue weighted by Crippen LogP contribution is 2.48. The van der Waals surface area contributed by atoms with Gasteiger partial charge in [0.2, 0.25) is 0 Å². The van der Waals surface area contributed by atoms with Crippen molar-refractivity contribution >= 4 is 43.1 Å². The number of halogens is 6. The molecule has 0 bridgehead atoms. The number of morpholine rings is 1. The number of fused-ring (bicyclic) bond motifs is 3. The molecule has 0 radical (unpaired) electrons. The molecule has 0 aliphatic carbocycles. The number of nitrogens with zero attached hydrogens (tertiary/aromatic N) is 5. The van der Waals surface area contributed by atoms with Crippen molar-refractivity contribution in [3.05, 3.63) is 41.0 Å². The fourth-order valence-electron chi connectivity index (χ4n) is 7.34. The molecule has 0 saturated carbocycles. The minimum atomic E-state index is -5.09. The third-order valence-corrected chi connectivity index (χ3v) is 10.4. The molecule has 48 heavy (non-hydrogen) atoms. The zero-order chi connectivity index (χ0) is 34.0. The largest absolute Gasteiger partial charge is 0.461 e. The van der Waals surface area contributed by atoms with Crippen molar-refractivity contribution in [3.63, 3.8) is 0 Å². The van der Waals surface area contributed by atoms with Crippen LogP contribution in [-0.4, -0.2) is 85.8 Å². The van der Waals surface area contributed by atoms with Gasteiger partial charge >= 0.3 is 12.2 Å². The van der Waals surface area contributed by atoms with Gasteiger partial charge in [0.15, 0.2) is 5.82 Å². The number of anilines is 2. The summed E-state index contributed by atoms with van der Waals surface area (Å²) in [5, 5.41) is 9.22. The van der Waals surface area contributed by atoms with Gasteiger partial charge in [0.1, 0.15) is 41.0 Å². The Kier molecular flexibility index (Phi) is 8.30. The van der Waals surface area contributed by atoms with E-state index < -0.39 is 52.3 Å². The van der Waals surface area contributed by atoms with Gasteiger partial charge in [-0.1, -0.05) is 6.07 Å². The number of nitrogen functional groups attached to an aromatic ring is 1. The highest BCUT2D eigenvalue weighted by molar-refractivity contribution is 7.23. The first-order valence-corrected chi connectivity index (χ1v) is 16.2. The summed E-state index contributed by atoms with van der Waals surface area (Å²) >= 11 is 0.687. The second-order valence-corrected chi connectivity index (χ2v) is 13.4. The molecule has 254 valence electrons. The first-order valence-electron chi connectivity index (χ1n) is 15.3. The Morgan fingerprint density at radius 1 is 1.21 bits per heavy atom. The van der Waals surface area contributed by atoms with E-state index in [0.717, 1.165) is 24.6 Å². The molecule has 7 rings (SSSR count). The Morgan fingerprint density at radius 3 is 2.77 bits per heavy atom. The van der Waals surface area contributed by atoms with Gasteiger partial charge in [-0.15, -0.1) is 11.3 Å². The van der Waals surface area contributed by atoms with Crippen LogP contribution in [0.1, 0.15) is 30.4 Å². The number of ether oxygens (including phenoxy) is 3. The Morgan fingerprint density at radius 2 is 2.02 bits per heavy atom. The summed E-state index contributed by atoms with van der Waals surface area (Å²) in [5.74, 6) is -2.18. The lowest BCUT2D eigenvalue weighted by Crippen LogP contribution is -2.45. The van der Waals surface area contributed by atoms with Gasteiger partial charge in [0.25, 0.3) is 0 Å². The van der Waals surface area contributed by atoms with Crippen LogP contribution in [0.25, 0.3) is 32.1 Å². The van der Waals surface area contributed by atoms with Gasteiger partial charge in [-0.05, 0) is 37.1 Å². The number of nitrogens with two attached hydrogens (primary N) is 1. The van der Waals surface area contributed by atoms with E-state index in [1.165, 1.54) is 7.11 Å². The standard InChI is InChI=1S/C32H30F6N6O3S/c1-45-14-17-13-43(7-8-46-17)29-19-9-21(32(36,37)38)24(18-3-4-22(34)27-23(18)20(11-39)28(40)48-27)25(35)26(19)41-30(42-29)47-15-31-5-2-6-44(31)12-16(33)10-31/h3-4,9,16-17H,2,5-8,10,12-15,40H2,1H3/t16-,17-,31+/m1/s1. The molecule has 2 N–H and O–H groups in total. The first-order chi connectivity index (χ1) is 22.9. The van der Waals surface area contributed by atoms with Gasteiger partial charge in [-0.3, -0.25) is 4.90 Å². The number of hydrogen-bond donors (Lipinski definition) is 1. The van der Waals surface area contributed by atoms with E-state index in [9.17, 15) is 27.2 Å². The second kappa shape index (κ2) is 12.2. The summed E-state index contributed by atoms with van der Waals surface area (Å²) < 4.78 is 108. The highest BCUT2D eigenvalue weighted by Gasteiger charge is 2.49. The highest BCUT2D eigenvalue weighted by atomic mass is 32.1. The number of hydrogen-bond acceptors (Lipinski definition) is 10. The van der Waals surface area contributed by atoms with Crippen molar-refractivity contribution in [2.75, 3.05) is 63.7 Å². The minimum absolute atomic E-state index is 0.00117. The zero-order valence-corrected chi connectivity index (χ0v) is 26.5. The fraction of sp³-hybridized carbons (Fsp3) is 0.469. The topological polar surface area (TPSA) is 110 Å². The van der Waals surface area contributed by atoms with Crippen molar-refractivity contribution in [2.45, 2.75) is 43.3 Å². The van der Waals surface area contributed by atoms with E-state index in [2.05, 4.69) is 9.97 Å². The monoisotopic (exact) mass is 692 g/mol. The van der Waals surface area contributed by atoms with Crippen molar-refractivity contribution in [2.24, 2.45) is 0 Å². The number of rotatable bonds is 7. The third kappa shape index (κ3) is 5.46. The predicted molar refractivity (Wildman–Crippen MR) is 167 cm³/mol. The lowest BCUT2D eigenvalue weighted by atomic mass is 9.92. The predicted octanol–water partition coefficient (Wildman–Crippen LogP) is 6.07. The molecular formula is C32H30F6N6O3S. The summed E-state index contributed by atoms with van der Waals surface area (Å²) in [7, 11) is 1.49. The fourth-order valence-corrected chi connectivity index (χ4v) is 8.29. The maximum Gasteiger partial charge on any atom is 0.417 e. The van der Waals surface area contributed by atoms with E-state index in [0.29, 0.717) is 24.3 Å². The zero-order valence-electron chi connectivity index (χ0n) is 25.7. The van der Waals surface area contributed by atoms with Crippen molar-refractivity contribution < 1.29 is 40.6 Å². The average Bonchev–Trinajstić information content (AvgIpc) is 3.69. The molecule has 3 saturated heterocycles. The molecule has 16 heteroatoms. The van der Waals surface area contributed by atoms with E-state index in [1.54, 1.807) is 4.90 Å². The number of methoxy groups -OCH3 is 1. The van der Waals surface area contributed by atoms with Gasteiger partial charge in [-0.2, -0.15) is 28.4 Å². The molecule has 5 heterocycles. The molecule has 3 atom stereocenters. The van der Waals surface area contributed by atoms with Crippen LogP contribution in [0.5, 0.6) is 6.01 Å². The molecule has 3 fully saturated rings. The Balaban J connectivity index is 1.45. The third-order valence-electron chi connectivity index (χ3n) is 9.42. The second-order valence-electron chi connectivity index (χ2n) is 12.3. The van der Waals surface area contributed by atoms with Crippen LogP contribution in [-0.2, 0) is 15.7 Å². The lowest BCUT2D eigenvalue weighted by Gasteiger charge is -2.34. The molecule has 3 aliphatic rings. The SMILES string of the molecule is COC[C@H]1CN(c2nc(OC[C@@]34CCCN3C[C@H](F)C4)nc3c(F)c(-c4ccc(F)c5sc(N)c(C#N)c45)c(C(F)(F)F)cc23)CCO1. The molecule has 2 aromatic carbocycles. The normalized spacial score (nSPS) is 23.2. The van der Waals surface area contributed by atoms with Gasteiger partial charge in [0.05, 0.1) is 40.7 Å². The molecule has 0 spiro atoms. The van der Waals surface area contributed by atoms with E-state index in [4.69, 9.17) is 19.9 Å². The van der Waals surface area contributed by atoms with E-state index in [1.807, 2.05) is 11.0 Å². The van der Waals surface area contributed by atoms with E-state index in [-0.39, 0.29) is 89.3 Å². The summed E-state index contributed by atoms with van der Waals surface area (Å²) in [5.41, 5.74) is 1.97. The van der Waals surface area contributed by atoms with Crippen LogP contribution in [0.3, 0.4) is 0 Å². The Hall–Kier alpha value is -3.91. The smallest absolute Gasteiger partial charge is 0.417 e. The molecule has 3 aliphatic heterocycles. The number of thiophene rings is 1. The number of aromatic nitrogens is 2. The van der Waals surface area contributed by atoms with Gasteiger partial charge < -0.3 is 24.8 Å². The molecule has 0 unspecified atom stereocenters. The quantitative estimate of drug-likeness (QED) is 0.231. The van der Waals surface area contributed by atoms with Crippen LogP contribution >= 0.6 is 11.3 Å². The Labute approximate surface area is 274 Å². The van der Waals surface area contributed by atoms with Crippen LogP contribution in [0.2, 0.25) is 0 Å². The van der Waals surface area contributed by atoms with Crippen LogP contribution in [0.4, 0.5) is 37.2 Å². The van der Waals surface area contributed by atoms with Gasteiger partial charge in [0, 0.05) is 49.5 Å². The molecule has 9 nitrogen and oxygen atoms in total. The van der Waals surface area contributed by atoms with Crippen molar-refractivity contribution in [1.82, 2.24) is 14.9 Å². The summed E-state index contributed by atoms with van der Waals surface area (Å²) in [4.78, 5) is 12.5. The minimum Gasteiger partial charge on any atom is -0.461 e.